The Kier molecular flexibility index (Phi) is 4.02. The minimum atomic E-state index is -1.11. The number of carbonyl (C=O) groups is 2. The topological polar surface area (TPSA) is 69.6 Å². The highest BCUT2D eigenvalue weighted by Crippen LogP contribution is 2.28. The largest absolute Gasteiger partial charge is 0.478 e. The molecule has 1 amide bonds. The van der Waals surface area contributed by atoms with E-state index in [1.165, 1.54) is 18.2 Å². The number of carboxylic acids is 1. The number of benzene rings is 1. The van der Waals surface area contributed by atoms with Crippen molar-refractivity contribution >= 4 is 23.6 Å². The van der Waals surface area contributed by atoms with E-state index in [2.05, 4.69) is 5.32 Å². The fourth-order valence-electron chi connectivity index (χ4n) is 2.22. The van der Waals surface area contributed by atoms with Crippen LogP contribution in [0.1, 0.15) is 12.5 Å². The van der Waals surface area contributed by atoms with Gasteiger partial charge in [-0.2, -0.15) is 0 Å². The first-order chi connectivity index (χ1) is 9.50. The molecule has 6 heteroatoms. The molecular formula is C14H15FN2O3. The van der Waals surface area contributed by atoms with Crippen molar-refractivity contribution in [2.75, 3.05) is 18.0 Å². The normalized spacial score (nSPS) is 19.2. The summed E-state index contributed by atoms with van der Waals surface area (Å²) in [7, 11) is 0. The first-order valence-corrected chi connectivity index (χ1v) is 6.24. The van der Waals surface area contributed by atoms with Crippen molar-refractivity contribution in [2.45, 2.75) is 13.0 Å². The van der Waals surface area contributed by atoms with Crippen LogP contribution in [0.2, 0.25) is 0 Å². The van der Waals surface area contributed by atoms with Gasteiger partial charge >= 0.3 is 5.97 Å². The highest BCUT2D eigenvalue weighted by molar-refractivity contribution is 5.89. The number of nitrogens with one attached hydrogen (secondary N) is 1. The first kappa shape index (κ1) is 14.0. The third kappa shape index (κ3) is 2.79. The Morgan fingerprint density at radius 2 is 2.30 bits per heavy atom. The molecule has 0 radical (unpaired) electrons. The van der Waals surface area contributed by atoms with Crippen LogP contribution in [-0.2, 0) is 9.59 Å². The molecule has 0 saturated carbocycles. The van der Waals surface area contributed by atoms with Gasteiger partial charge in [-0.25, -0.2) is 9.18 Å². The van der Waals surface area contributed by atoms with Crippen LogP contribution < -0.4 is 10.2 Å². The molecule has 2 rings (SSSR count). The Morgan fingerprint density at radius 3 is 3.00 bits per heavy atom. The number of anilines is 1. The summed E-state index contributed by atoms with van der Waals surface area (Å²) >= 11 is 0. The molecule has 5 nitrogen and oxygen atoms in total. The van der Waals surface area contributed by atoms with E-state index in [0.29, 0.717) is 18.7 Å². The second kappa shape index (κ2) is 5.73. The molecular weight excluding hydrogens is 263 g/mol. The molecule has 0 aliphatic carbocycles. The van der Waals surface area contributed by atoms with Crippen molar-refractivity contribution < 1.29 is 19.1 Å². The van der Waals surface area contributed by atoms with Crippen molar-refractivity contribution in [3.63, 3.8) is 0 Å². The van der Waals surface area contributed by atoms with E-state index in [9.17, 15) is 14.0 Å². The monoisotopic (exact) mass is 278 g/mol. The van der Waals surface area contributed by atoms with Crippen molar-refractivity contribution in [3.8, 4) is 0 Å². The molecule has 1 aromatic carbocycles. The van der Waals surface area contributed by atoms with Crippen LogP contribution in [0.25, 0.3) is 6.08 Å². The fourth-order valence-corrected chi connectivity index (χ4v) is 2.22. The van der Waals surface area contributed by atoms with Crippen LogP contribution in [0.4, 0.5) is 10.1 Å². The summed E-state index contributed by atoms with van der Waals surface area (Å²) < 4.78 is 14.1. The zero-order valence-electron chi connectivity index (χ0n) is 11.0. The predicted molar refractivity (Wildman–Crippen MR) is 72.9 cm³/mol. The number of nitrogens with zero attached hydrogens (tertiary/aromatic N) is 1. The Morgan fingerprint density at radius 1 is 1.55 bits per heavy atom. The summed E-state index contributed by atoms with van der Waals surface area (Å²) in [4.78, 5) is 23.9. The van der Waals surface area contributed by atoms with Crippen molar-refractivity contribution in [1.29, 1.82) is 0 Å². The number of carboxylic acid groups (broad SMARTS) is 1. The number of piperazine rings is 1. The van der Waals surface area contributed by atoms with Gasteiger partial charge in [-0.3, -0.25) is 4.79 Å². The molecule has 1 fully saturated rings. The second-order valence-corrected chi connectivity index (χ2v) is 4.51. The molecule has 106 valence electrons. The number of hydrogen-bond acceptors (Lipinski definition) is 3. The number of carbonyl (C=O) groups excluding carboxylic acids is 1. The molecule has 1 aromatic rings. The molecule has 1 atom stereocenters. The van der Waals surface area contributed by atoms with Crippen LogP contribution in [0.15, 0.2) is 24.3 Å². The summed E-state index contributed by atoms with van der Waals surface area (Å²) in [5.41, 5.74) is 0.696. The molecule has 2 N–H and O–H groups in total. The lowest BCUT2D eigenvalue weighted by atomic mass is 10.1. The van der Waals surface area contributed by atoms with E-state index in [1.54, 1.807) is 17.9 Å². The molecule has 0 aromatic heterocycles. The Bertz CT molecular complexity index is 572. The number of hydrogen-bond donors (Lipinski definition) is 2. The Balaban J connectivity index is 2.44. The van der Waals surface area contributed by atoms with E-state index >= 15 is 0 Å². The van der Waals surface area contributed by atoms with Crippen LogP contribution >= 0.6 is 0 Å². The van der Waals surface area contributed by atoms with Crippen LogP contribution in [-0.4, -0.2) is 36.1 Å². The molecule has 1 aliphatic rings. The van der Waals surface area contributed by atoms with Crippen LogP contribution in [0, 0.1) is 5.82 Å². The van der Waals surface area contributed by atoms with E-state index in [4.69, 9.17) is 5.11 Å². The highest BCUT2D eigenvalue weighted by atomic mass is 19.1. The summed E-state index contributed by atoms with van der Waals surface area (Å²) in [6, 6.07) is 3.93. The van der Waals surface area contributed by atoms with E-state index in [0.717, 1.165) is 6.08 Å². The zero-order valence-corrected chi connectivity index (χ0v) is 11.0. The molecule has 0 spiro atoms. The summed E-state index contributed by atoms with van der Waals surface area (Å²) in [6.07, 6.45) is 2.28. The number of amides is 1. The van der Waals surface area contributed by atoms with E-state index < -0.39 is 17.8 Å². The quantitative estimate of drug-likeness (QED) is 0.816. The minimum Gasteiger partial charge on any atom is -0.478 e. The lowest BCUT2D eigenvalue weighted by Gasteiger charge is -2.35. The second-order valence-electron chi connectivity index (χ2n) is 4.51. The fraction of sp³-hybridized carbons (Fsp3) is 0.286. The van der Waals surface area contributed by atoms with Gasteiger partial charge in [0.15, 0.2) is 0 Å². The average Bonchev–Trinajstić information content (AvgIpc) is 2.40. The molecule has 1 unspecified atom stereocenters. The number of rotatable bonds is 3. The van der Waals surface area contributed by atoms with Crippen molar-refractivity contribution in [2.24, 2.45) is 0 Å². The van der Waals surface area contributed by atoms with Gasteiger partial charge in [-0.05, 0) is 19.1 Å². The van der Waals surface area contributed by atoms with E-state index in [-0.39, 0.29) is 11.6 Å². The van der Waals surface area contributed by atoms with Crippen LogP contribution in [0.3, 0.4) is 0 Å². The van der Waals surface area contributed by atoms with E-state index in [1.807, 2.05) is 0 Å². The number of para-hydroxylation sites is 1. The van der Waals surface area contributed by atoms with Crippen molar-refractivity contribution in [1.82, 2.24) is 5.32 Å². The predicted octanol–water partition coefficient (Wildman–Crippen LogP) is 1.25. The van der Waals surface area contributed by atoms with Gasteiger partial charge in [0.05, 0.1) is 5.69 Å². The Hall–Kier alpha value is -2.37. The maximum absolute atomic E-state index is 14.1. The minimum absolute atomic E-state index is 0.173. The number of halogens is 1. The molecule has 1 aliphatic heterocycles. The first-order valence-electron chi connectivity index (χ1n) is 6.24. The zero-order chi connectivity index (χ0) is 14.7. The maximum atomic E-state index is 14.1. The van der Waals surface area contributed by atoms with Gasteiger partial charge in [-0.15, -0.1) is 0 Å². The SMILES string of the molecule is CC1C(=O)NCCN1c1c(F)cccc1/C=C/C(=O)O. The highest BCUT2D eigenvalue weighted by Gasteiger charge is 2.28. The van der Waals surface area contributed by atoms with Gasteiger partial charge in [0.25, 0.3) is 0 Å². The Labute approximate surface area is 115 Å². The summed E-state index contributed by atoms with van der Waals surface area (Å²) in [5, 5.41) is 11.4. The summed E-state index contributed by atoms with van der Waals surface area (Å²) in [5.74, 6) is -1.75. The lowest BCUT2D eigenvalue weighted by molar-refractivity contribution is -0.131. The molecule has 20 heavy (non-hydrogen) atoms. The summed E-state index contributed by atoms with van der Waals surface area (Å²) in [6.45, 7) is 2.59. The molecule has 1 heterocycles. The molecule has 1 saturated heterocycles. The number of aliphatic carboxylic acids is 1. The van der Waals surface area contributed by atoms with Crippen LogP contribution in [0.5, 0.6) is 0 Å². The third-order valence-corrected chi connectivity index (χ3v) is 3.21. The van der Waals surface area contributed by atoms with Gasteiger partial charge in [0.1, 0.15) is 11.9 Å². The maximum Gasteiger partial charge on any atom is 0.328 e. The van der Waals surface area contributed by atoms with Gasteiger partial charge in [0.2, 0.25) is 5.91 Å². The van der Waals surface area contributed by atoms with Gasteiger partial charge in [0, 0.05) is 24.7 Å². The molecule has 0 bridgehead atoms. The average molecular weight is 278 g/mol. The van der Waals surface area contributed by atoms with Crippen molar-refractivity contribution in [3.05, 3.63) is 35.7 Å². The third-order valence-electron chi connectivity index (χ3n) is 3.21. The smallest absolute Gasteiger partial charge is 0.328 e. The van der Waals surface area contributed by atoms with Gasteiger partial charge in [-0.1, -0.05) is 12.1 Å². The van der Waals surface area contributed by atoms with Gasteiger partial charge < -0.3 is 15.3 Å². The lowest BCUT2D eigenvalue weighted by Crippen LogP contribution is -2.54. The standard InChI is InChI=1S/C14H15FN2O3/c1-9-14(20)16-7-8-17(9)13-10(5-6-12(18)19)3-2-4-11(13)15/h2-6,9H,7-8H2,1H3,(H,16,20)(H,18,19)/b6-5+.